The molecule has 0 N–H and O–H groups in total. The lowest BCUT2D eigenvalue weighted by molar-refractivity contribution is 0.143. The molecule has 0 bridgehead atoms. The molecule has 4 nitrogen and oxygen atoms in total. The molecule has 2 aliphatic heterocycles. The average molecular weight is 462 g/mol. The fourth-order valence-corrected chi connectivity index (χ4v) is 4.63. The van der Waals surface area contributed by atoms with Gasteiger partial charge in [0.15, 0.2) is 0 Å². The molecule has 4 rings (SSSR count). The first-order valence-corrected chi connectivity index (χ1v) is 11.3. The number of ether oxygens (including phenoxy) is 1. The predicted molar refractivity (Wildman–Crippen MR) is 117 cm³/mol. The lowest BCUT2D eigenvalue weighted by Crippen LogP contribution is -2.35. The summed E-state index contributed by atoms with van der Waals surface area (Å²) >= 11 is 3.42. The summed E-state index contributed by atoms with van der Waals surface area (Å²) in [5.41, 5.74) is 3.94. The molecule has 0 spiro atoms. The Bertz CT molecular complexity index is 808. The number of nitrogens with zero attached hydrogens (tertiary/aromatic N) is 3. The molecule has 0 aliphatic carbocycles. The van der Waals surface area contributed by atoms with Crippen molar-refractivity contribution in [1.82, 2.24) is 14.8 Å². The third-order valence-electron chi connectivity index (χ3n) is 5.98. The molecule has 1 saturated heterocycles. The molecule has 0 radical (unpaired) electrons. The molecule has 1 aromatic carbocycles. The van der Waals surface area contributed by atoms with Crippen molar-refractivity contribution in [1.29, 1.82) is 0 Å². The largest absolute Gasteiger partial charge is 0.494 e. The van der Waals surface area contributed by atoms with Crippen molar-refractivity contribution in [3.05, 3.63) is 57.8 Å². The van der Waals surface area contributed by atoms with E-state index in [0.29, 0.717) is 25.4 Å². The Balaban J connectivity index is 1.36. The molecule has 2 aromatic rings. The maximum Gasteiger partial charge on any atom is 0.119 e. The van der Waals surface area contributed by atoms with Gasteiger partial charge in [-0.15, -0.1) is 0 Å². The maximum atomic E-state index is 13.2. The van der Waals surface area contributed by atoms with Gasteiger partial charge in [-0.2, -0.15) is 0 Å². The summed E-state index contributed by atoms with van der Waals surface area (Å²) < 4.78 is 20.1. The van der Waals surface area contributed by atoms with E-state index in [1.807, 2.05) is 12.3 Å². The fraction of sp³-hybridized carbons (Fsp3) is 0.522. The van der Waals surface area contributed by atoms with Crippen LogP contribution in [0.2, 0.25) is 0 Å². The van der Waals surface area contributed by atoms with Gasteiger partial charge in [0.1, 0.15) is 16.5 Å². The number of piperidine rings is 1. The number of hydrogen-bond donors (Lipinski definition) is 0. The normalized spacial score (nSPS) is 21.1. The molecule has 1 unspecified atom stereocenters. The second-order valence-corrected chi connectivity index (χ2v) is 9.05. The van der Waals surface area contributed by atoms with Gasteiger partial charge in [-0.25, -0.2) is 9.37 Å². The Morgan fingerprint density at radius 2 is 2.03 bits per heavy atom. The molecule has 2 aliphatic rings. The molecule has 1 fully saturated rings. The SMILES string of the molecule is CN1Cc2cc(OCCCN3CCC(F)CC3)ccc2C(c2ccc(Br)nc2)C1. The minimum Gasteiger partial charge on any atom is -0.494 e. The summed E-state index contributed by atoms with van der Waals surface area (Å²) in [6, 6.07) is 10.7. The second-order valence-electron chi connectivity index (χ2n) is 8.24. The Hall–Kier alpha value is -1.50. The minimum atomic E-state index is -0.604. The monoisotopic (exact) mass is 461 g/mol. The molecule has 3 heterocycles. The van der Waals surface area contributed by atoms with Crippen molar-refractivity contribution in [2.24, 2.45) is 0 Å². The summed E-state index contributed by atoms with van der Waals surface area (Å²) in [5.74, 6) is 1.27. The van der Waals surface area contributed by atoms with Gasteiger partial charge in [0.2, 0.25) is 0 Å². The summed E-state index contributed by atoms with van der Waals surface area (Å²) in [4.78, 5) is 9.11. The first-order valence-electron chi connectivity index (χ1n) is 10.5. The zero-order valence-electron chi connectivity index (χ0n) is 17.0. The number of hydrogen-bond acceptors (Lipinski definition) is 4. The zero-order chi connectivity index (χ0) is 20.2. The number of fused-ring (bicyclic) bond motifs is 1. The predicted octanol–water partition coefficient (Wildman–Crippen LogP) is 4.62. The van der Waals surface area contributed by atoms with E-state index < -0.39 is 6.17 Å². The van der Waals surface area contributed by atoms with Crippen LogP contribution in [0.5, 0.6) is 5.75 Å². The van der Waals surface area contributed by atoms with Crippen LogP contribution in [0.25, 0.3) is 0 Å². The zero-order valence-corrected chi connectivity index (χ0v) is 18.6. The van der Waals surface area contributed by atoms with Crippen LogP contribution < -0.4 is 4.74 Å². The third-order valence-corrected chi connectivity index (χ3v) is 6.45. The van der Waals surface area contributed by atoms with Crippen LogP contribution in [0, 0.1) is 0 Å². The molecular weight excluding hydrogens is 433 g/mol. The van der Waals surface area contributed by atoms with Crippen LogP contribution >= 0.6 is 15.9 Å². The number of rotatable bonds is 6. The highest BCUT2D eigenvalue weighted by molar-refractivity contribution is 9.10. The lowest BCUT2D eigenvalue weighted by atomic mass is 9.85. The standard InChI is InChI=1S/C23H29BrFN3O/c1-27-15-18-13-20(29-12-2-9-28-10-7-19(25)8-11-28)4-5-21(18)22(16-27)17-3-6-23(24)26-14-17/h3-6,13-14,19,22H,2,7-12,15-16H2,1H3. The average Bonchev–Trinajstić information content (AvgIpc) is 2.72. The third kappa shape index (κ3) is 5.36. The number of aromatic nitrogens is 1. The highest BCUT2D eigenvalue weighted by atomic mass is 79.9. The Kier molecular flexibility index (Phi) is 6.83. The molecular formula is C23H29BrFN3O. The molecule has 29 heavy (non-hydrogen) atoms. The van der Waals surface area contributed by atoms with E-state index in [9.17, 15) is 4.39 Å². The van der Waals surface area contributed by atoms with Gasteiger partial charge in [0.05, 0.1) is 6.61 Å². The summed E-state index contributed by atoms with van der Waals surface area (Å²) in [7, 11) is 2.16. The van der Waals surface area contributed by atoms with Crippen LogP contribution in [-0.4, -0.2) is 60.8 Å². The minimum absolute atomic E-state index is 0.330. The van der Waals surface area contributed by atoms with Crippen LogP contribution in [-0.2, 0) is 6.54 Å². The highest BCUT2D eigenvalue weighted by Crippen LogP contribution is 2.35. The summed E-state index contributed by atoms with van der Waals surface area (Å²) in [6.07, 6.45) is 3.69. The number of halogens is 2. The van der Waals surface area contributed by atoms with Crippen molar-refractivity contribution in [2.75, 3.05) is 39.8 Å². The molecule has 1 atom stereocenters. The maximum absolute atomic E-state index is 13.2. The van der Waals surface area contributed by atoms with Crippen molar-refractivity contribution in [2.45, 2.75) is 37.9 Å². The van der Waals surface area contributed by atoms with Gasteiger partial charge in [-0.05, 0) is 77.1 Å². The Morgan fingerprint density at radius 1 is 1.21 bits per heavy atom. The van der Waals surface area contributed by atoms with Crippen LogP contribution in [0.1, 0.15) is 41.9 Å². The molecule has 6 heteroatoms. The highest BCUT2D eigenvalue weighted by Gasteiger charge is 2.25. The van der Waals surface area contributed by atoms with Gasteiger partial charge in [0, 0.05) is 44.8 Å². The van der Waals surface area contributed by atoms with E-state index in [-0.39, 0.29) is 0 Å². The van der Waals surface area contributed by atoms with Gasteiger partial charge in [0.25, 0.3) is 0 Å². The number of likely N-dealkylation sites (N-methyl/N-ethyl adjacent to an activating group) is 1. The number of likely N-dealkylation sites (tertiary alicyclic amines) is 1. The Morgan fingerprint density at radius 3 is 2.79 bits per heavy atom. The summed E-state index contributed by atoms with van der Waals surface area (Å²) in [5, 5.41) is 0. The molecule has 0 saturated carbocycles. The number of alkyl halides is 1. The second kappa shape index (κ2) is 9.54. The first kappa shape index (κ1) is 20.8. The van der Waals surface area contributed by atoms with Gasteiger partial charge in [-0.3, -0.25) is 0 Å². The molecule has 1 aromatic heterocycles. The van der Waals surface area contributed by atoms with E-state index in [4.69, 9.17) is 4.74 Å². The first-order chi connectivity index (χ1) is 14.1. The lowest BCUT2D eigenvalue weighted by Gasteiger charge is -2.32. The smallest absolute Gasteiger partial charge is 0.119 e. The van der Waals surface area contributed by atoms with Crippen molar-refractivity contribution in [3.63, 3.8) is 0 Å². The number of benzene rings is 1. The van der Waals surface area contributed by atoms with Gasteiger partial charge < -0.3 is 14.5 Å². The van der Waals surface area contributed by atoms with E-state index in [1.54, 1.807) is 0 Å². The van der Waals surface area contributed by atoms with Crippen molar-refractivity contribution < 1.29 is 9.13 Å². The van der Waals surface area contributed by atoms with E-state index in [0.717, 1.165) is 49.5 Å². The van der Waals surface area contributed by atoms with E-state index in [1.165, 1.54) is 16.7 Å². The van der Waals surface area contributed by atoms with Crippen molar-refractivity contribution >= 4 is 15.9 Å². The van der Waals surface area contributed by atoms with E-state index in [2.05, 4.69) is 62.0 Å². The van der Waals surface area contributed by atoms with Crippen molar-refractivity contribution in [3.8, 4) is 5.75 Å². The number of pyridine rings is 1. The Labute approximate surface area is 181 Å². The van der Waals surface area contributed by atoms with Crippen LogP contribution in [0.15, 0.2) is 41.1 Å². The van der Waals surface area contributed by atoms with Gasteiger partial charge >= 0.3 is 0 Å². The quantitative estimate of drug-likeness (QED) is 0.463. The topological polar surface area (TPSA) is 28.6 Å². The molecule has 156 valence electrons. The fourth-order valence-electron chi connectivity index (χ4n) is 4.40. The van der Waals surface area contributed by atoms with Crippen LogP contribution in [0.3, 0.4) is 0 Å². The van der Waals surface area contributed by atoms with Crippen LogP contribution in [0.4, 0.5) is 4.39 Å². The molecule has 0 amide bonds. The van der Waals surface area contributed by atoms with E-state index >= 15 is 0 Å². The summed E-state index contributed by atoms with van der Waals surface area (Å²) in [6.45, 7) is 5.36. The van der Waals surface area contributed by atoms with Gasteiger partial charge in [-0.1, -0.05) is 12.1 Å².